The van der Waals surface area contributed by atoms with Crippen molar-refractivity contribution < 1.29 is 0 Å². The lowest BCUT2D eigenvalue weighted by atomic mass is 10.0. The number of hydrogen-bond acceptors (Lipinski definition) is 2. The lowest BCUT2D eigenvalue weighted by Gasteiger charge is -2.21. The minimum absolute atomic E-state index is 0.839. The summed E-state index contributed by atoms with van der Waals surface area (Å²) >= 11 is 0. The highest BCUT2D eigenvalue weighted by Crippen LogP contribution is 2.21. The van der Waals surface area contributed by atoms with E-state index in [4.69, 9.17) is 5.73 Å². The van der Waals surface area contributed by atoms with Gasteiger partial charge in [0, 0.05) is 13.6 Å². The van der Waals surface area contributed by atoms with Crippen molar-refractivity contribution in [2.75, 3.05) is 24.2 Å². The average molecular weight is 254 g/mol. The first-order chi connectivity index (χ1) is 9.08. The second-order valence-electron chi connectivity index (χ2n) is 5.16. The van der Waals surface area contributed by atoms with E-state index in [1.165, 1.54) is 16.7 Å². The van der Waals surface area contributed by atoms with Crippen molar-refractivity contribution in [2.24, 2.45) is 0 Å². The zero-order valence-corrected chi connectivity index (χ0v) is 12.0. The van der Waals surface area contributed by atoms with Crippen molar-refractivity contribution in [3.8, 4) is 0 Å². The maximum Gasteiger partial charge on any atom is 0.0597 e. The molecule has 2 N–H and O–H groups in total. The third-order valence-electron chi connectivity index (χ3n) is 3.56. The fourth-order valence-electron chi connectivity index (χ4n) is 2.37. The third kappa shape index (κ3) is 3.28. The van der Waals surface area contributed by atoms with E-state index in [2.05, 4.69) is 50.1 Å². The Bertz CT molecular complexity index is 561. The van der Waals surface area contributed by atoms with Crippen molar-refractivity contribution in [3.05, 3.63) is 59.2 Å². The number of nitrogen functional groups attached to an aromatic ring is 1. The number of rotatable bonds is 4. The van der Waals surface area contributed by atoms with E-state index in [0.29, 0.717) is 0 Å². The van der Waals surface area contributed by atoms with Gasteiger partial charge in [0.25, 0.3) is 0 Å². The van der Waals surface area contributed by atoms with Crippen LogP contribution in [0.2, 0.25) is 0 Å². The number of anilines is 2. The molecule has 0 atom stereocenters. The molecule has 2 aromatic rings. The molecule has 0 heterocycles. The van der Waals surface area contributed by atoms with Crippen molar-refractivity contribution >= 4 is 11.4 Å². The van der Waals surface area contributed by atoms with Crippen LogP contribution in [0.1, 0.15) is 16.7 Å². The summed E-state index contributed by atoms with van der Waals surface area (Å²) in [5.74, 6) is 0. The molecule has 2 aromatic carbocycles. The summed E-state index contributed by atoms with van der Waals surface area (Å²) in [4.78, 5) is 2.22. The normalized spacial score (nSPS) is 10.5. The van der Waals surface area contributed by atoms with Gasteiger partial charge in [-0.25, -0.2) is 0 Å². The third-order valence-corrected chi connectivity index (χ3v) is 3.56. The van der Waals surface area contributed by atoms with Gasteiger partial charge in [0.05, 0.1) is 11.4 Å². The fourth-order valence-corrected chi connectivity index (χ4v) is 2.37. The van der Waals surface area contributed by atoms with Gasteiger partial charge in [0.1, 0.15) is 0 Å². The van der Waals surface area contributed by atoms with Crippen LogP contribution >= 0.6 is 0 Å². The molecule has 0 aromatic heterocycles. The van der Waals surface area contributed by atoms with Gasteiger partial charge in [-0.3, -0.25) is 0 Å². The molecule has 0 saturated heterocycles. The molecule has 0 fully saturated rings. The van der Waals surface area contributed by atoms with Crippen LogP contribution in [0, 0.1) is 13.8 Å². The highest BCUT2D eigenvalue weighted by Gasteiger charge is 2.05. The second kappa shape index (κ2) is 5.79. The Kier molecular flexibility index (Phi) is 4.10. The minimum atomic E-state index is 0.839. The molecule has 0 aliphatic heterocycles. The number of likely N-dealkylation sites (N-methyl/N-ethyl adjacent to an activating group) is 1. The number of benzene rings is 2. The molecule has 0 unspecified atom stereocenters. The van der Waals surface area contributed by atoms with Crippen molar-refractivity contribution in [1.29, 1.82) is 0 Å². The maximum absolute atomic E-state index is 6.00. The molecule has 0 bridgehead atoms. The summed E-state index contributed by atoms with van der Waals surface area (Å²) in [5.41, 5.74) is 12.0. The van der Waals surface area contributed by atoms with Crippen LogP contribution in [-0.2, 0) is 6.42 Å². The van der Waals surface area contributed by atoms with E-state index in [9.17, 15) is 0 Å². The summed E-state index contributed by atoms with van der Waals surface area (Å²) in [7, 11) is 2.09. The second-order valence-corrected chi connectivity index (χ2v) is 5.16. The zero-order valence-electron chi connectivity index (χ0n) is 12.0. The fraction of sp³-hybridized carbons (Fsp3) is 0.294. The summed E-state index contributed by atoms with van der Waals surface area (Å²) in [6.45, 7) is 5.28. The quantitative estimate of drug-likeness (QED) is 0.845. The number of para-hydroxylation sites is 2. The Hall–Kier alpha value is -1.96. The first-order valence-electron chi connectivity index (χ1n) is 6.69. The highest BCUT2D eigenvalue weighted by molar-refractivity contribution is 5.66. The van der Waals surface area contributed by atoms with Gasteiger partial charge in [0.15, 0.2) is 0 Å². The minimum Gasteiger partial charge on any atom is -0.397 e. The summed E-state index contributed by atoms with van der Waals surface area (Å²) in [6, 6.07) is 14.7. The molecule has 0 aliphatic rings. The molecule has 100 valence electrons. The van der Waals surface area contributed by atoms with E-state index in [-0.39, 0.29) is 0 Å². The summed E-state index contributed by atoms with van der Waals surface area (Å²) in [6.07, 6.45) is 1.04. The number of nitrogens with two attached hydrogens (primary N) is 1. The molecule has 0 saturated carbocycles. The number of hydrogen-bond donors (Lipinski definition) is 1. The predicted molar refractivity (Wildman–Crippen MR) is 83.7 cm³/mol. The lowest BCUT2D eigenvalue weighted by molar-refractivity contribution is 0.872. The van der Waals surface area contributed by atoms with Crippen LogP contribution in [0.5, 0.6) is 0 Å². The molecular weight excluding hydrogens is 232 g/mol. The van der Waals surface area contributed by atoms with E-state index in [0.717, 1.165) is 24.3 Å². The average Bonchev–Trinajstić information content (AvgIpc) is 2.38. The lowest BCUT2D eigenvalue weighted by Crippen LogP contribution is -2.21. The summed E-state index contributed by atoms with van der Waals surface area (Å²) in [5, 5.41) is 0. The van der Waals surface area contributed by atoms with Crippen molar-refractivity contribution in [2.45, 2.75) is 20.3 Å². The molecule has 19 heavy (non-hydrogen) atoms. The van der Waals surface area contributed by atoms with Crippen molar-refractivity contribution in [1.82, 2.24) is 0 Å². The van der Waals surface area contributed by atoms with Crippen LogP contribution in [0.4, 0.5) is 11.4 Å². The molecule has 2 rings (SSSR count). The predicted octanol–water partition coefficient (Wildman–Crippen LogP) is 3.56. The first-order valence-corrected chi connectivity index (χ1v) is 6.69. The first kappa shape index (κ1) is 13.5. The van der Waals surface area contributed by atoms with Gasteiger partial charge in [-0.2, -0.15) is 0 Å². The maximum atomic E-state index is 6.00. The van der Waals surface area contributed by atoms with Crippen LogP contribution in [0.3, 0.4) is 0 Å². The topological polar surface area (TPSA) is 29.3 Å². The van der Waals surface area contributed by atoms with Crippen LogP contribution in [0.25, 0.3) is 0 Å². The Balaban J connectivity index is 2.04. The Morgan fingerprint density at radius 2 is 1.79 bits per heavy atom. The monoisotopic (exact) mass is 254 g/mol. The Labute approximate surface area is 115 Å². The molecule has 0 amide bonds. The largest absolute Gasteiger partial charge is 0.397 e. The number of aryl methyl sites for hydroxylation is 2. The molecule has 0 radical (unpaired) electrons. The zero-order chi connectivity index (χ0) is 13.8. The van der Waals surface area contributed by atoms with Gasteiger partial charge in [-0.15, -0.1) is 0 Å². The standard InChI is InChI=1S/C17H22N2/c1-13-8-9-15(14(2)12-13)10-11-19(3)17-7-5-4-6-16(17)18/h4-9,12H,10-11,18H2,1-3H3. The molecule has 2 heteroatoms. The molecule has 2 nitrogen and oxygen atoms in total. The van der Waals surface area contributed by atoms with E-state index >= 15 is 0 Å². The summed E-state index contributed by atoms with van der Waals surface area (Å²) < 4.78 is 0. The van der Waals surface area contributed by atoms with Gasteiger partial charge in [-0.05, 0) is 43.5 Å². The van der Waals surface area contributed by atoms with Gasteiger partial charge in [0.2, 0.25) is 0 Å². The Morgan fingerprint density at radius 1 is 1.05 bits per heavy atom. The van der Waals surface area contributed by atoms with Gasteiger partial charge < -0.3 is 10.6 Å². The van der Waals surface area contributed by atoms with E-state index in [1.807, 2.05) is 18.2 Å². The molecule has 0 aliphatic carbocycles. The molecule has 0 spiro atoms. The van der Waals surface area contributed by atoms with E-state index < -0.39 is 0 Å². The van der Waals surface area contributed by atoms with Gasteiger partial charge >= 0.3 is 0 Å². The van der Waals surface area contributed by atoms with E-state index in [1.54, 1.807) is 0 Å². The van der Waals surface area contributed by atoms with Crippen molar-refractivity contribution in [3.63, 3.8) is 0 Å². The van der Waals surface area contributed by atoms with Crippen LogP contribution in [0.15, 0.2) is 42.5 Å². The SMILES string of the molecule is Cc1ccc(CCN(C)c2ccccc2N)c(C)c1. The smallest absolute Gasteiger partial charge is 0.0597 e. The Morgan fingerprint density at radius 3 is 2.47 bits per heavy atom. The van der Waals surface area contributed by atoms with Gasteiger partial charge in [-0.1, -0.05) is 35.9 Å². The van der Waals surface area contributed by atoms with Crippen LogP contribution < -0.4 is 10.6 Å². The highest BCUT2D eigenvalue weighted by atomic mass is 15.1. The molecular formula is C17H22N2. The van der Waals surface area contributed by atoms with Crippen LogP contribution in [-0.4, -0.2) is 13.6 Å². The number of nitrogens with zero attached hydrogens (tertiary/aromatic N) is 1.